The zero-order valence-corrected chi connectivity index (χ0v) is 21.0. The normalized spacial score (nSPS) is 19.7. The largest absolute Gasteiger partial charge is 0.362 e. The Kier molecular flexibility index (Phi) is 8.25. The maximum atomic E-state index is 12.5. The van der Waals surface area contributed by atoms with E-state index in [0.29, 0.717) is 6.04 Å². The molecule has 1 heterocycles. The fourth-order valence-electron chi connectivity index (χ4n) is 5.06. The number of carbonyl (C=O) groups is 1. The summed E-state index contributed by atoms with van der Waals surface area (Å²) in [5.74, 6) is 1.80. The van der Waals surface area contributed by atoms with Gasteiger partial charge in [-0.3, -0.25) is 0 Å². The van der Waals surface area contributed by atoms with Gasteiger partial charge in [-0.25, -0.2) is 9.78 Å². The molecule has 34 heavy (non-hydrogen) atoms. The average molecular weight is 465 g/mol. The second-order valence-electron chi connectivity index (χ2n) is 9.99. The molecule has 0 unspecified atom stereocenters. The minimum atomic E-state index is -0.119. The van der Waals surface area contributed by atoms with Crippen LogP contribution >= 0.6 is 0 Å². The molecular weight excluding hydrogens is 424 g/mol. The van der Waals surface area contributed by atoms with E-state index < -0.39 is 0 Å². The van der Waals surface area contributed by atoms with Crippen molar-refractivity contribution in [2.24, 2.45) is 0 Å². The summed E-state index contributed by atoms with van der Waals surface area (Å²) >= 11 is 0. The highest BCUT2D eigenvalue weighted by molar-refractivity contribution is 5.89. The lowest BCUT2D eigenvalue weighted by atomic mass is 9.91. The topological polar surface area (TPSA) is 82.2 Å². The van der Waals surface area contributed by atoms with Crippen LogP contribution in [0.15, 0.2) is 24.3 Å². The fraction of sp³-hybridized carbons (Fsp3) is 0.593. The van der Waals surface area contributed by atoms with Crippen LogP contribution in [0.2, 0.25) is 0 Å². The van der Waals surface area contributed by atoms with Crippen molar-refractivity contribution in [1.82, 2.24) is 15.3 Å². The maximum absolute atomic E-state index is 12.5. The molecule has 0 spiro atoms. The van der Waals surface area contributed by atoms with Crippen LogP contribution in [0.3, 0.4) is 0 Å². The van der Waals surface area contributed by atoms with Gasteiger partial charge in [0.05, 0.1) is 5.69 Å². The van der Waals surface area contributed by atoms with Gasteiger partial charge in [0.1, 0.15) is 5.82 Å². The van der Waals surface area contributed by atoms with E-state index in [9.17, 15) is 4.79 Å². The lowest BCUT2D eigenvalue weighted by molar-refractivity contribution is 0.243. The van der Waals surface area contributed by atoms with E-state index in [1.54, 1.807) is 0 Å². The molecule has 7 nitrogen and oxygen atoms in total. The van der Waals surface area contributed by atoms with Gasteiger partial charge in [-0.2, -0.15) is 4.98 Å². The third kappa shape index (κ3) is 6.39. The van der Waals surface area contributed by atoms with Gasteiger partial charge in [-0.05, 0) is 81.9 Å². The molecular formula is C27H40N6O. The predicted molar refractivity (Wildman–Crippen MR) is 140 cm³/mol. The second kappa shape index (κ2) is 11.5. The third-order valence-corrected chi connectivity index (χ3v) is 7.01. The summed E-state index contributed by atoms with van der Waals surface area (Å²) in [6.07, 6.45) is 11.9. The Labute approximate surface area is 204 Å². The molecule has 1 aromatic carbocycles. The van der Waals surface area contributed by atoms with Crippen molar-refractivity contribution in [2.45, 2.75) is 89.6 Å². The molecule has 0 radical (unpaired) electrons. The lowest BCUT2D eigenvalue weighted by Gasteiger charge is -2.30. The van der Waals surface area contributed by atoms with Crippen molar-refractivity contribution in [3.63, 3.8) is 0 Å². The molecule has 0 atom stereocenters. The minimum absolute atomic E-state index is 0.119. The molecule has 0 saturated heterocycles. The number of nitrogens with zero attached hydrogens (tertiary/aromatic N) is 3. The number of hydrogen-bond acceptors (Lipinski definition) is 5. The summed E-state index contributed by atoms with van der Waals surface area (Å²) in [6.45, 7) is 2.20. The first kappa shape index (κ1) is 24.3. The predicted octanol–water partition coefficient (Wildman–Crippen LogP) is 5.31. The van der Waals surface area contributed by atoms with Crippen molar-refractivity contribution >= 4 is 23.5 Å². The maximum Gasteiger partial charge on any atom is 0.319 e. The summed E-state index contributed by atoms with van der Waals surface area (Å²) in [5, 5.41) is 9.71. The van der Waals surface area contributed by atoms with E-state index in [0.717, 1.165) is 62.4 Å². The Bertz CT molecular complexity index is 950. The molecule has 0 bridgehead atoms. The van der Waals surface area contributed by atoms with Gasteiger partial charge in [0, 0.05) is 37.4 Å². The summed E-state index contributed by atoms with van der Waals surface area (Å²) in [6, 6.07) is 8.61. The van der Waals surface area contributed by atoms with Gasteiger partial charge in [0.15, 0.2) is 0 Å². The minimum Gasteiger partial charge on any atom is -0.362 e. The zero-order valence-electron chi connectivity index (χ0n) is 21.0. The van der Waals surface area contributed by atoms with E-state index in [2.05, 4.69) is 54.0 Å². The quantitative estimate of drug-likeness (QED) is 0.493. The highest BCUT2D eigenvalue weighted by Crippen LogP contribution is 2.29. The van der Waals surface area contributed by atoms with E-state index in [4.69, 9.17) is 9.97 Å². The van der Waals surface area contributed by atoms with Gasteiger partial charge >= 0.3 is 6.03 Å². The molecule has 184 valence electrons. The van der Waals surface area contributed by atoms with E-state index in [-0.39, 0.29) is 12.1 Å². The Morgan fingerprint density at radius 2 is 1.71 bits per heavy atom. The number of carbonyl (C=O) groups excluding carboxylic acids is 1. The van der Waals surface area contributed by atoms with Crippen LogP contribution in [0.25, 0.3) is 0 Å². The number of hydrogen-bond donors (Lipinski definition) is 3. The molecule has 1 aromatic heterocycles. The van der Waals surface area contributed by atoms with Crippen molar-refractivity contribution in [1.29, 1.82) is 0 Å². The van der Waals surface area contributed by atoms with Gasteiger partial charge in [0.2, 0.25) is 5.95 Å². The number of aromatic nitrogens is 2. The summed E-state index contributed by atoms with van der Waals surface area (Å²) in [5.41, 5.74) is 4.68. The number of urea groups is 1. The standard InChI is InChI=1S/C27H40N6O/c1-4-5-8-19-11-13-21(14-12-19)29-27(34)30-22-17-15-20(16-18-22)28-26-31-24-10-7-6-9-23(24)25(32-26)33(2)3/h11-14,20,22H,4-10,15-18H2,1-3H3,(H,28,31,32)(H2,29,30,34). The SMILES string of the molecule is CCCCc1ccc(NC(=O)NC2CCC(Nc3nc4c(c(N(C)C)n3)CCCC4)CC2)cc1. The van der Waals surface area contributed by atoms with E-state index in [1.165, 1.54) is 42.5 Å². The van der Waals surface area contributed by atoms with Crippen molar-refractivity contribution < 1.29 is 4.79 Å². The van der Waals surface area contributed by atoms with Crippen LogP contribution in [-0.2, 0) is 19.3 Å². The zero-order chi connectivity index (χ0) is 23.9. The Morgan fingerprint density at radius 1 is 1.00 bits per heavy atom. The Hall–Kier alpha value is -2.83. The van der Waals surface area contributed by atoms with Crippen LogP contribution in [0.1, 0.15) is 75.1 Å². The van der Waals surface area contributed by atoms with Crippen molar-refractivity contribution in [3.8, 4) is 0 Å². The van der Waals surface area contributed by atoms with Gasteiger partial charge in [-0.1, -0.05) is 25.5 Å². The molecule has 2 aromatic rings. The third-order valence-electron chi connectivity index (χ3n) is 7.01. The number of benzene rings is 1. The molecule has 7 heteroatoms. The first-order valence-electron chi connectivity index (χ1n) is 13.0. The molecule has 1 fully saturated rings. The van der Waals surface area contributed by atoms with Crippen LogP contribution in [0.4, 0.5) is 22.2 Å². The smallest absolute Gasteiger partial charge is 0.319 e. The average Bonchev–Trinajstić information content (AvgIpc) is 2.84. The number of nitrogens with one attached hydrogen (secondary N) is 3. The summed E-state index contributed by atoms with van der Waals surface area (Å²) < 4.78 is 0. The monoisotopic (exact) mass is 464 g/mol. The number of rotatable bonds is 8. The molecule has 2 aliphatic rings. The first-order chi connectivity index (χ1) is 16.5. The molecule has 0 aliphatic heterocycles. The van der Waals surface area contributed by atoms with Crippen LogP contribution in [-0.4, -0.2) is 42.2 Å². The van der Waals surface area contributed by atoms with E-state index in [1.807, 2.05) is 12.1 Å². The van der Waals surface area contributed by atoms with Crippen LogP contribution in [0.5, 0.6) is 0 Å². The number of anilines is 3. The second-order valence-corrected chi connectivity index (χ2v) is 9.99. The first-order valence-corrected chi connectivity index (χ1v) is 13.0. The lowest BCUT2D eigenvalue weighted by Crippen LogP contribution is -2.42. The van der Waals surface area contributed by atoms with Gasteiger partial charge in [0.25, 0.3) is 0 Å². The fourth-order valence-corrected chi connectivity index (χ4v) is 5.06. The summed E-state index contributed by atoms with van der Waals surface area (Å²) in [4.78, 5) is 24.3. The molecule has 2 amide bonds. The van der Waals surface area contributed by atoms with Gasteiger partial charge in [-0.15, -0.1) is 0 Å². The Balaban J connectivity index is 1.25. The molecule has 1 saturated carbocycles. The van der Waals surface area contributed by atoms with E-state index >= 15 is 0 Å². The number of fused-ring (bicyclic) bond motifs is 1. The van der Waals surface area contributed by atoms with Crippen molar-refractivity contribution in [3.05, 3.63) is 41.1 Å². The van der Waals surface area contributed by atoms with Crippen LogP contribution in [0, 0.1) is 0 Å². The highest BCUT2D eigenvalue weighted by Gasteiger charge is 2.25. The number of amides is 2. The Morgan fingerprint density at radius 3 is 2.41 bits per heavy atom. The highest BCUT2D eigenvalue weighted by atomic mass is 16.2. The van der Waals surface area contributed by atoms with Crippen LogP contribution < -0.4 is 20.9 Å². The molecule has 2 aliphatic carbocycles. The summed E-state index contributed by atoms with van der Waals surface area (Å²) in [7, 11) is 4.12. The van der Waals surface area contributed by atoms with Crippen molar-refractivity contribution in [2.75, 3.05) is 29.6 Å². The van der Waals surface area contributed by atoms with Gasteiger partial charge < -0.3 is 20.9 Å². The molecule has 3 N–H and O–H groups in total. The molecule has 4 rings (SSSR count). The number of unbranched alkanes of at least 4 members (excludes halogenated alkanes) is 1. The number of aryl methyl sites for hydroxylation is 2.